The van der Waals surface area contributed by atoms with Gasteiger partial charge in [0.2, 0.25) is 10.0 Å². The van der Waals surface area contributed by atoms with E-state index in [1.54, 1.807) is 24.3 Å². The van der Waals surface area contributed by atoms with Crippen molar-refractivity contribution in [2.75, 3.05) is 0 Å². The summed E-state index contributed by atoms with van der Waals surface area (Å²) in [7, 11) is -3.70. The second-order valence-electron chi connectivity index (χ2n) is 7.98. The van der Waals surface area contributed by atoms with E-state index < -0.39 is 22.2 Å². The van der Waals surface area contributed by atoms with Gasteiger partial charge >= 0.3 is 17.1 Å². The van der Waals surface area contributed by atoms with E-state index in [4.69, 9.17) is 0 Å². The molecule has 10 radical (unpaired) electrons. The Morgan fingerprint density at radius 1 is 0.871 bits per heavy atom. The third-order valence-corrected chi connectivity index (χ3v) is 7.15. The van der Waals surface area contributed by atoms with Gasteiger partial charge in [-0.25, -0.2) is 13.1 Å². The monoisotopic (exact) mass is 481 g/mol. The molecule has 0 bridgehead atoms. The van der Waals surface area contributed by atoms with Gasteiger partial charge in [-0.05, 0) is 95.6 Å². The Hall–Kier alpha value is -0.391. The zero-order valence-corrected chi connectivity index (χ0v) is 19.7. The fraction of sp³-hybridized carbons (Fsp3) is 0.360. The minimum Gasteiger partial charge on any atom is -0.391 e. The predicted octanol–water partition coefficient (Wildman–Crippen LogP) is 4.01. The Labute approximate surface area is 200 Å². The van der Waals surface area contributed by atoms with Crippen LogP contribution in [0.3, 0.4) is 0 Å². The molecule has 1 aromatic rings. The van der Waals surface area contributed by atoms with E-state index in [9.17, 15) is 13.5 Å². The predicted molar refractivity (Wildman–Crippen MR) is 120 cm³/mol. The molecule has 4 nitrogen and oxygen atoms in total. The van der Waals surface area contributed by atoms with Crippen LogP contribution in [0.2, 0.25) is 0 Å². The SMILES string of the molecule is Cc1ccc(S(=O)(=O)NC([C]2[CH][CH][CH][CH]2)C(O)C2CCCCC2)cc1.[CH]1[CH][CH][CH][CH]1.[Fe+2]. The third-order valence-electron chi connectivity index (χ3n) is 5.69. The molecule has 31 heavy (non-hydrogen) atoms. The summed E-state index contributed by atoms with van der Waals surface area (Å²) in [5.74, 6) is 0.947. The Morgan fingerprint density at radius 3 is 1.90 bits per heavy atom. The number of sulfonamides is 1. The quantitative estimate of drug-likeness (QED) is 0.604. The van der Waals surface area contributed by atoms with Gasteiger partial charge < -0.3 is 5.11 Å². The molecule has 2 N–H and O–H groups in total. The summed E-state index contributed by atoms with van der Waals surface area (Å²) in [6.07, 6.45) is 22.0. The van der Waals surface area contributed by atoms with Gasteiger partial charge in [-0.3, -0.25) is 0 Å². The van der Waals surface area contributed by atoms with Crippen molar-refractivity contribution in [1.82, 2.24) is 4.72 Å². The van der Waals surface area contributed by atoms with E-state index in [0.29, 0.717) is 0 Å². The van der Waals surface area contributed by atoms with Crippen molar-refractivity contribution in [2.45, 2.75) is 56.1 Å². The molecule has 166 valence electrons. The molecule has 0 heterocycles. The average molecular weight is 481 g/mol. The molecule has 1 aromatic carbocycles. The summed E-state index contributed by atoms with van der Waals surface area (Å²) < 4.78 is 28.4. The van der Waals surface area contributed by atoms with Crippen LogP contribution >= 0.6 is 0 Å². The summed E-state index contributed by atoms with van der Waals surface area (Å²) in [4.78, 5) is 0.227. The van der Waals surface area contributed by atoms with Crippen LogP contribution in [-0.4, -0.2) is 25.7 Å². The molecule has 3 fully saturated rings. The molecule has 2 unspecified atom stereocenters. The number of benzene rings is 1. The van der Waals surface area contributed by atoms with E-state index in [0.717, 1.165) is 37.2 Å². The standard InChI is InChI=1S/C20H26NO3S.C5H5.Fe/c1-15-11-13-18(14-12-15)25(23,24)21-19(16-7-5-6-8-16)20(22)17-9-3-2-4-10-17;1-2-4-5-3-1;/h5-8,11-14,17,19-22H,2-4,9-10H2,1H3;1-5H;/q;;+2. The summed E-state index contributed by atoms with van der Waals surface area (Å²) >= 11 is 0. The smallest absolute Gasteiger partial charge is 0.391 e. The molecular formula is C25H31FeNO3S+2. The molecule has 6 heteroatoms. The maximum absolute atomic E-state index is 12.8. The third kappa shape index (κ3) is 8.15. The second-order valence-corrected chi connectivity index (χ2v) is 9.70. The topological polar surface area (TPSA) is 66.4 Å². The Bertz CT molecular complexity index is 714. The average Bonchev–Trinajstić information content (AvgIpc) is 3.49. The van der Waals surface area contributed by atoms with E-state index in [1.165, 1.54) is 6.42 Å². The van der Waals surface area contributed by atoms with Crippen molar-refractivity contribution < 1.29 is 30.6 Å². The molecule has 2 atom stereocenters. The van der Waals surface area contributed by atoms with Gasteiger partial charge in [0.15, 0.2) is 0 Å². The molecule has 4 rings (SSSR count). The van der Waals surface area contributed by atoms with Gasteiger partial charge in [-0.2, -0.15) is 0 Å². The van der Waals surface area contributed by atoms with Crippen LogP contribution in [0, 0.1) is 76.5 Å². The van der Waals surface area contributed by atoms with Crippen LogP contribution in [0.1, 0.15) is 37.7 Å². The summed E-state index contributed by atoms with van der Waals surface area (Å²) in [5, 5.41) is 10.9. The molecule has 3 saturated carbocycles. The van der Waals surface area contributed by atoms with Crippen LogP contribution in [0.15, 0.2) is 29.2 Å². The van der Waals surface area contributed by atoms with Crippen LogP contribution < -0.4 is 4.72 Å². The molecule has 0 spiro atoms. The molecule has 0 aromatic heterocycles. The number of rotatable bonds is 6. The summed E-state index contributed by atoms with van der Waals surface area (Å²) in [5.41, 5.74) is 1.01. The van der Waals surface area contributed by atoms with Crippen molar-refractivity contribution in [1.29, 1.82) is 0 Å². The van der Waals surface area contributed by atoms with Crippen LogP contribution in [0.5, 0.6) is 0 Å². The largest absolute Gasteiger partial charge is 2.00 e. The summed E-state index contributed by atoms with van der Waals surface area (Å²) in [6, 6.07) is 6.15. The molecule has 0 amide bonds. The number of aliphatic hydroxyl groups is 1. The van der Waals surface area contributed by atoms with Crippen molar-refractivity contribution in [3.05, 3.63) is 93.5 Å². The van der Waals surface area contributed by atoms with Crippen LogP contribution in [-0.2, 0) is 27.1 Å². The van der Waals surface area contributed by atoms with Gasteiger partial charge in [0.1, 0.15) is 0 Å². The van der Waals surface area contributed by atoms with Gasteiger partial charge in [0, 0.05) is 5.92 Å². The maximum Gasteiger partial charge on any atom is 2.00 e. The first-order valence-corrected chi connectivity index (χ1v) is 12.1. The van der Waals surface area contributed by atoms with Crippen molar-refractivity contribution in [3.63, 3.8) is 0 Å². The van der Waals surface area contributed by atoms with E-state index in [1.807, 2.05) is 64.7 Å². The van der Waals surface area contributed by atoms with E-state index >= 15 is 0 Å². The van der Waals surface area contributed by atoms with Crippen LogP contribution in [0.4, 0.5) is 0 Å². The number of nitrogens with one attached hydrogen (secondary N) is 1. The van der Waals surface area contributed by atoms with Gasteiger partial charge in [0.05, 0.1) is 17.0 Å². The first-order valence-electron chi connectivity index (χ1n) is 10.6. The normalized spacial score (nSPS) is 22.3. The van der Waals surface area contributed by atoms with E-state index in [2.05, 4.69) is 4.72 Å². The Kier molecular flexibility index (Phi) is 11.6. The minimum absolute atomic E-state index is 0. The molecule has 0 saturated heterocycles. The fourth-order valence-electron chi connectivity index (χ4n) is 3.95. The van der Waals surface area contributed by atoms with E-state index in [-0.39, 0.29) is 27.9 Å². The maximum atomic E-state index is 12.8. The van der Waals surface area contributed by atoms with Gasteiger partial charge in [0.25, 0.3) is 0 Å². The fourth-order valence-corrected chi connectivity index (χ4v) is 5.19. The first kappa shape index (κ1) is 26.9. The molecule has 3 aliphatic rings. The molecule has 0 aliphatic heterocycles. The number of hydrogen-bond acceptors (Lipinski definition) is 3. The van der Waals surface area contributed by atoms with Crippen molar-refractivity contribution >= 4 is 10.0 Å². The van der Waals surface area contributed by atoms with Gasteiger partial charge in [-0.15, -0.1) is 0 Å². The van der Waals surface area contributed by atoms with Gasteiger partial charge in [-0.1, -0.05) is 37.0 Å². The number of hydrogen-bond donors (Lipinski definition) is 2. The first-order chi connectivity index (χ1) is 14.5. The number of aliphatic hydroxyl groups excluding tert-OH is 1. The van der Waals surface area contributed by atoms with Crippen molar-refractivity contribution in [3.8, 4) is 0 Å². The van der Waals surface area contributed by atoms with Crippen LogP contribution in [0.25, 0.3) is 0 Å². The second kappa shape index (κ2) is 13.3. The zero-order chi connectivity index (χ0) is 21.4. The number of aryl methyl sites for hydroxylation is 1. The Balaban J connectivity index is 0.000000501. The summed E-state index contributed by atoms with van der Waals surface area (Å²) in [6.45, 7) is 1.92. The molecular weight excluding hydrogens is 450 g/mol. The van der Waals surface area contributed by atoms with Crippen molar-refractivity contribution in [2.24, 2.45) is 5.92 Å². The molecule has 3 aliphatic carbocycles. The Morgan fingerprint density at radius 2 is 1.39 bits per heavy atom. The minimum atomic E-state index is -3.70. The zero-order valence-electron chi connectivity index (χ0n) is 17.8.